The van der Waals surface area contributed by atoms with E-state index in [1.165, 1.54) is 14.2 Å². The first-order chi connectivity index (χ1) is 14.0. The Labute approximate surface area is 183 Å². The van der Waals surface area contributed by atoms with Gasteiger partial charge in [-0.05, 0) is 11.8 Å². The number of hydrogen-bond acceptors (Lipinski definition) is 8. The highest BCUT2D eigenvalue weighted by atomic mass is 35.5. The van der Waals surface area contributed by atoms with Crippen LogP contribution in [0.5, 0.6) is 11.5 Å². The Morgan fingerprint density at radius 1 is 1.10 bits per heavy atom. The molecule has 0 aliphatic rings. The van der Waals surface area contributed by atoms with Crippen LogP contribution in [0.2, 0.25) is 10.0 Å². The molecule has 0 spiro atoms. The average molecular weight is 454 g/mol. The fraction of sp³-hybridized carbons (Fsp3) is 0.316. The van der Waals surface area contributed by atoms with E-state index >= 15 is 0 Å². The predicted octanol–water partition coefficient (Wildman–Crippen LogP) is 4.76. The molecular weight excluding hydrogens is 433 g/mol. The zero-order valence-electron chi connectivity index (χ0n) is 16.3. The van der Waals surface area contributed by atoms with E-state index in [9.17, 15) is 0 Å². The van der Waals surface area contributed by atoms with Gasteiger partial charge in [0, 0.05) is 35.5 Å². The number of halogens is 2. The number of rotatable bonds is 8. The lowest BCUT2D eigenvalue weighted by Gasteiger charge is -2.16. The van der Waals surface area contributed by atoms with E-state index in [2.05, 4.69) is 22.2 Å². The van der Waals surface area contributed by atoms with Gasteiger partial charge in [0.1, 0.15) is 17.0 Å². The summed E-state index contributed by atoms with van der Waals surface area (Å²) >= 11 is 15.0. The van der Waals surface area contributed by atoms with Gasteiger partial charge in [0.25, 0.3) is 0 Å². The highest BCUT2D eigenvalue weighted by Crippen LogP contribution is 2.46. The number of thioether (sulfide) groups is 1. The van der Waals surface area contributed by atoms with Crippen molar-refractivity contribution < 1.29 is 9.47 Å². The van der Waals surface area contributed by atoms with Crippen molar-refractivity contribution in [3.8, 4) is 22.8 Å². The van der Waals surface area contributed by atoms with Crippen molar-refractivity contribution in [2.75, 3.05) is 43.3 Å². The molecule has 0 saturated heterocycles. The van der Waals surface area contributed by atoms with Crippen molar-refractivity contribution in [2.24, 2.45) is 0 Å². The van der Waals surface area contributed by atoms with Gasteiger partial charge < -0.3 is 20.5 Å². The second-order valence-electron chi connectivity index (χ2n) is 5.93. The SMILES string of the molecule is CCSCCNc1nc(-c2c(Cl)c(OC)cc(OC)c2Cl)cc2cnc(N)nc12. The summed E-state index contributed by atoms with van der Waals surface area (Å²) in [5, 5.41) is 4.77. The molecule has 0 aliphatic heterocycles. The number of benzene rings is 1. The number of nitrogen functional groups attached to an aromatic ring is 1. The molecule has 0 saturated carbocycles. The molecule has 3 rings (SSSR count). The normalized spacial score (nSPS) is 10.9. The van der Waals surface area contributed by atoms with E-state index in [0.717, 1.165) is 23.4 Å². The lowest BCUT2D eigenvalue weighted by atomic mass is 10.1. The van der Waals surface area contributed by atoms with E-state index in [-0.39, 0.29) is 5.95 Å². The number of fused-ring (bicyclic) bond motifs is 1. The van der Waals surface area contributed by atoms with Crippen LogP contribution in [0.1, 0.15) is 6.92 Å². The second kappa shape index (κ2) is 9.56. The lowest BCUT2D eigenvalue weighted by Crippen LogP contribution is -2.08. The number of aromatic nitrogens is 3. The molecule has 2 aromatic heterocycles. The number of nitrogens with zero attached hydrogens (tertiary/aromatic N) is 3. The smallest absolute Gasteiger partial charge is 0.220 e. The van der Waals surface area contributed by atoms with Crippen LogP contribution in [-0.2, 0) is 0 Å². The third kappa shape index (κ3) is 4.55. The number of methoxy groups -OCH3 is 2. The number of nitrogens with two attached hydrogens (primary N) is 1. The molecule has 0 fully saturated rings. The minimum absolute atomic E-state index is 0.178. The maximum atomic E-state index is 6.57. The Morgan fingerprint density at radius 2 is 1.79 bits per heavy atom. The minimum atomic E-state index is 0.178. The molecule has 3 N–H and O–H groups in total. The first-order valence-electron chi connectivity index (χ1n) is 8.85. The summed E-state index contributed by atoms with van der Waals surface area (Å²) < 4.78 is 10.7. The third-order valence-corrected chi connectivity index (χ3v) is 5.81. The summed E-state index contributed by atoms with van der Waals surface area (Å²) in [7, 11) is 3.06. The van der Waals surface area contributed by atoms with E-state index in [1.54, 1.807) is 12.3 Å². The molecule has 0 radical (unpaired) electrons. The molecule has 7 nitrogen and oxygen atoms in total. The number of ether oxygens (including phenoxy) is 2. The van der Waals surface area contributed by atoms with Gasteiger partial charge in [-0.3, -0.25) is 0 Å². The number of pyridine rings is 1. The molecule has 154 valence electrons. The Bertz CT molecular complexity index is 1010. The van der Waals surface area contributed by atoms with Crippen LogP contribution in [-0.4, -0.2) is 47.2 Å². The summed E-state index contributed by atoms with van der Waals surface area (Å²) in [5.41, 5.74) is 7.47. The molecule has 0 atom stereocenters. The zero-order chi connectivity index (χ0) is 21.0. The highest BCUT2D eigenvalue weighted by molar-refractivity contribution is 7.99. The summed E-state index contributed by atoms with van der Waals surface area (Å²) in [5.74, 6) is 3.60. The van der Waals surface area contributed by atoms with Gasteiger partial charge >= 0.3 is 0 Å². The van der Waals surface area contributed by atoms with Crippen molar-refractivity contribution in [1.82, 2.24) is 15.0 Å². The molecule has 10 heteroatoms. The van der Waals surface area contributed by atoms with Crippen molar-refractivity contribution in [3.63, 3.8) is 0 Å². The fourth-order valence-corrected chi connectivity index (χ4v) is 4.03. The molecule has 3 aromatic rings. The van der Waals surface area contributed by atoms with Gasteiger partial charge in [-0.25, -0.2) is 15.0 Å². The van der Waals surface area contributed by atoms with Gasteiger partial charge in [0.2, 0.25) is 5.95 Å². The number of nitrogens with one attached hydrogen (secondary N) is 1. The Morgan fingerprint density at radius 3 is 2.41 bits per heavy atom. The summed E-state index contributed by atoms with van der Waals surface area (Å²) in [6, 6.07) is 3.45. The van der Waals surface area contributed by atoms with Crippen LogP contribution in [0.15, 0.2) is 18.3 Å². The van der Waals surface area contributed by atoms with Crippen molar-refractivity contribution in [3.05, 3.63) is 28.4 Å². The Balaban J connectivity index is 2.19. The van der Waals surface area contributed by atoms with Crippen LogP contribution < -0.4 is 20.5 Å². The van der Waals surface area contributed by atoms with Crippen LogP contribution in [0.3, 0.4) is 0 Å². The molecule has 0 amide bonds. The van der Waals surface area contributed by atoms with Gasteiger partial charge in [0.05, 0.1) is 30.0 Å². The first kappa shape index (κ1) is 21.5. The average Bonchev–Trinajstić information content (AvgIpc) is 2.72. The number of hydrogen-bond donors (Lipinski definition) is 2. The predicted molar refractivity (Wildman–Crippen MR) is 122 cm³/mol. The van der Waals surface area contributed by atoms with Crippen LogP contribution in [0.4, 0.5) is 11.8 Å². The van der Waals surface area contributed by atoms with Crippen LogP contribution >= 0.6 is 35.0 Å². The second-order valence-corrected chi connectivity index (χ2v) is 8.08. The van der Waals surface area contributed by atoms with Crippen molar-refractivity contribution in [2.45, 2.75) is 6.92 Å². The molecule has 0 bridgehead atoms. The molecule has 1 aromatic carbocycles. The number of anilines is 2. The van der Waals surface area contributed by atoms with E-state index in [4.69, 9.17) is 43.4 Å². The van der Waals surface area contributed by atoms with E-state index in [1.807, 2.05) is 17.8 Å². The zero-order valence-corrected chi connectivity index (χ0v) is 18.6. The van der Waals surface area contributed by atoms with Gasteiger partial charge in [-0.15, -0.1) is 0 Å². The fourth-order valence-electron chi connectivity index (χ4n) is 2.80. The maximum absolute atomic E-state index is 6.57. The molecular formula is C19H21Cl2N5O2S. The van der Waals surface area contributed by atoms with Crippen molar-refractivity contribution in [1.29, 1.82) is 0 Å². The first-order valence-corrected chi connectivity index (χ1v) is 10.8. The largest absolute Gasteiger partial charge is 0.495 e. The van der Waals surface area contributed by atoms with Crippen molar-refractivity contribution >= 4 is 57.6 Å². The topological polar surface area (TPSA) is 95.2 Å². The van der Waals surface area contributed by atoms with Gasteiger partial charge in [0.15, 0.2) is 5.82 Å². The van der Waals surface area contributed by atoms with Crippen LogP contribution in [0, 0.1) is 0 Å². The highest BCUT2D eigenvalue weighted by Gasteiger charge is 2.21. The summed E-state index contributed by atoms with van der Waals surface area (Å²) in [4.78, 5) is 13.2. The van der Waals surface area contributed by atoms with Gasteiger partial charge in [-0.2, -0.15) is 11.8 Å². The van der Waals surface area contributed by atoms with E-state index < -0.39 is 0 Å². The Hall–Kier alpha value is -2.16. The summed E-state index contributed by atoms with van der Waals surface area (Å²) in [6.07, 6.45) is 1.65. The molecule has 29 heavy (non-hydrogen) atoms. The quantitative estimate of drug-likeness (QED) is 0.471. The van der Waals surface area contributed by atoms with Crippen LogP contribution in [0.25, 0.3) is 22.2 Å². The maximum Gasteiger partial charge on any atom is 0.220 e. The molecule has 2 heterocycles. The molecule has 0 unspecified atom stereocenters. The monoisotopic (exact) mass is 453 g/mol. The summed E-state index contributed by atoms with van der Waals surface area (Å²) in [6.45, 7) is 2.84. The lowest BCUT2D eigenvalue weighted by molar-refractivity contribution is 0.395. The van der Waals surface area contributed by atoms with E-state index in [0.29, 0.717) is 44.1 Å². The van der Waals surface area contributed by atoms with Gasteiger partial charge in [-0.1, -0.05) is 30.1 Å². The Kier molecular flexibility index (Phi) is 7.10. The molecule has 0 aliphatic carbocycles. The standard InChI is InChI=1S/C19H21Cl2N5O2S/c1-4-29-6-5-23-18-17-10(9-24-19(22)26-17)7-11(25-18)14-15(20)12(27-2)8-13(28-3)16(14)21/h7-9H,4-6H2,1-3H3,(H,23,25)(H2,22,24,26). The minimum Gasteiger partial charge on any atom is -0.495 e. The third-order valence-electron chi connectivity index (χ3n) is 4.16.